The molecule has 0 fully saturated rings. The van der Waals surface area contributed by atoms with Crippen molar-refractivity contribution in [3.8, 4) is 0 Å². The zero-order valence-electron chi connectivity index (χ0n) is 9.45. The Balaban J connectivity index is 3.70. The average Bonchev–Trinajstić information content (AvgIpc) is 2.11. The summed E-state index contributed by atoms with van der Waals surface area (Å²) in [7, 11) is 0. The Hall–Kier alpha value is 0.922. The van der Waals surface area contributed by atoms with Crippen LogP contribution in [0.2, 0.25) is 16.4 Å². The molecule has 0 radical (unpaired) electrons. The topological polar surface area (TPSA) is 0 Å². The third-order valence-corrected chi connectivity index (χ3v) is 21.9. The van der Waals surface area contributed by atoms with Gasteiger partial charge in [0.2, 0.25) is 0 Å². The van der Waals surface area contributed by atoms with Gasteiger partial charge >= 0.3 is 84.1 Å². The van der Waals surface area contributed by atoms with E-state index < -0.39 is 21.2 Å². The average molecular weight is 366 g/mol. The third-order valence-electron chi connectivity index (χ3n) is 3.12. The van der Waals surface area contributed by atoms with E-state index in [2.05, 4.69) is 25.3 Å². The van der Waals surface area contributed by atoms with Crippen LogP contribution in [0.3, 0.4) is 0 Å². The summed E-state index contributed by atoms with van der Waals surface area (Å²) in [5.74, 6) is 0. The summed E-state index contributed by atoms with van der Waals surface area (Å²) in [5, 5.41) is 0. The molecule has 0 aromatic carbocycles. The summed E-state index contributed by atoms with van der Waals surface area (Å²) in [6, 6.07) is 0. The molecule has 0 nitrogen and oxygen atoms in total. The first kappa shape index (κ1) is 12.9. The molecule has 1 heteroatoms. The van der Waals surface area contributed by atoms with Gasteiger partial charge in [0.25, 0.3) is 0 Å². The molecule has 0 rings (SSSR count). The Morgan fingerprint density at radius 1 is 0.833 bits per heavy atom. The van der Waals surface area contributed by atoms with Crippen LogP contribution < -0.4 is 0 Å². The molecular weight excluding hydrogens is 339 g/mol. The molecule has 0 amide bonds. The summed E-state index contributed by atoms with van der Waals surface area (Å²) < 4.78 is 7.56. The second-order valence-electron chi connectivity index (χ2n) is 4.37. The molecule has 12 heavy (non-hydrogen) atoms. The van der Waals surface area contributed by atoms with Crippen LogP contribution in [0.1, 0.15) is 46.5 Å². The van der Waals surface area contributed by atoms with Crippen LogP contribution in [-0.2, 0) is 0 Å². The van der Waals surface area contributed by atoms with Crippen molar-refractivity contribution >= 4 is 21.2 Å². The fraction of sp³-hybridized carbons (Fsp3) is 1.00. The molecule has 0 spiro atoms. The zero-order valence-corrected chi connectivity index (χ0v) is 13.3. The van der Waals surface area contributed by atoms with Crippen molar-refractivity contribution in [1.29, 1.82) is 0 Å². The summed E-state index contributed by atoms with van der Waals surface area (Å²) in [4.78, 5) is 0. The van der Waals surface area contributed by atoms with Crippen LogP contribution in [0.15, 0.2) is 0 Å². The summed E-state index contributed by atoms with van der Waals surface area (Å²) in [5.41, 5.74) is 0. The van der Waals surface area contributed by atoms with Gasteiger partial charge in [-0.15, -0.1) is 0 Å². The summed E-state index contributed by atoms with van der Waals surface area (Å²) >= 11 is -1.61. The maximum absolute atomic E-state index is 2.68. The fourth-order valence-electron chi connectivity index (χ4n) is 1.69. The SMILES string of the molecule is CCC[CH2][Pb]([CH3])([CH2]C)[CH2]CCC. The standard InChI is InChI=1S/2C4H9.C2H5.CH3.Pb/c2*1-3-4-2;1-2;;/h2*1,3-4H2,2H3;1H2,2H3;1H3;. The predicted octanol–water partition coefficient (Wildman–Crippen LogP) is 4.69. The Morgan fingerprint density at radius 2 is 1.25 bits per heavy atom. The monoisotopic (exact) mass is 366 g/mol. The van der Waals surface area contributed by atoms with E-state index in [9.17, 15) is 0 Å². The van der Waals surface area contributed by atoms with Crippen molar-refractivity contribution in [3.63, 3.8) is 0 Å². The molecule has 0 heterocycles. The van der Waals surface area contributed by atoms with E-state index in [-0.39, 0.29) is 0 Å². The van der Waals surface area contributed by atoms with Crippen molar-refractivity contribution in [2.75, 3.05) is 0 Å². The number of hydrogen-bond acceptors (Lipinski definition) is 0. The van der Waals surface area contributed by atoms with Crippen molar-refractivity contribution in [1.82, 2.24) is 0 Å². The molecule has 0 saturated heterocycles. The zero-order chi connectivity index (χ0) is 9.45. The molecule has 0 unspecified atom stereocenters. The Morgan fingerprint density at radius 3 is 1.50 bits per heavy atom. The van der Waals surface area contributed by atoms with E-state index in [1.54, 1.807) is 11.9 Å². The molecule has 74 valence electrons. The molecule has 0 aliphatic heterocycles. The quantitative estimate of drug-likeness (QED) is 0.575. The third kappa shape index (κ3) is 5.55. The van der Waals surface area contributed by atoms with Gasteiger partial charge in [-0.3, -0.25) is 0 Å². The van der Waals surface area contributed by atoms with Gasteiger partial charge in [-0.05, 0) is 0 Å². The van der Waals surface area contributed by atoms with E-state index in [4.69, 9.17) is 0 Å². The first-order valence-electron chi connectivity index (χ1n) is 5.68. The Kier molecular flexibility index (Phi) is 7.90. The van der Waals surface area contributed by atoms with Crippen LogP contribution in [0.25, 0.3) is 0 Å². The van der Waals surface area contributed by atoms with Crippen molar-refractivity contribution in [3.05, 3.63) is 0 Å². The molecule has 0 aliphatic carbocycles. The van der Waals surface area contributed by atoms with Gasteiger partial charge in [-0.2, -0.15) is 0 Å². The normalized spacial score (nSPS) is 12.0. The Bertz CT molecular complexity index is 91.2. The molecule has 0 aromatic rings. The van der Waals surface area contributed by atoms with Gasteiger partial charge < -0.3 is 0 Å². The predicted molar refractivity (Wildman–Crippen MR) is 61.5 cm³/mol. The van der Waals surface area contributed by atoms with Crippen LogP contribution in [0.4, 0.5) is 0 Å². The van der Waals surface area contributed by atoms with Crippen LogP contribution in [-0.4, -0.2) is 21.2 Å². The second-order valence-corrected chi connectivity index (χ2v) is 25.1. The summed E-state index contributed by atoms with van der Waals surface area (Å²) in [6.45, 7) is 7.08. The van der Waals surface area contributed by atoms with Gasteiger partial charge in [-0.1, -0.05) is 0 Å². The number of unbranched alkanes of at least 4 members (excludes halogenated alkanes) is 2. The van der Waals surface area contributed by atoms with E-state index in [0.29, 0.717) is 0 Å². The van der Waals surface area contributed by atoms with Crippen molar-refractivity contribution < 1.29 is 0 Å². The molecule has 0 aliphatic rings. The van der Waals surface area contributed by atoms with Crippen LogP contribution in [0, 0.1) is 0 Å². The van der Waals surface area contributed by atoms with Gasteiger partial charge in [-0.25, -0.2) is 0 Å². The van der Waals surface area contributed by atoms with Crippen molar-refractivity contribution in [2.24, 2.45) is 0 Å². The minimum atomic E-state index is -1.61. The van der Waals surface area contributed by atoms with Gasteiger partial charge in [0.05, 0.1) is 0 Å². The summed E-state index contributed by atoms with van der Waals surface area (Å²) in [6.07, 6.45) is 5.83. The van der Waals surface area contributed by atoms with Crippen LogP contribution in [0.5, 0.6) is 0 Å². The Labute approximate surface area is 83.8 Å². The van der Waals surface area contributed by atoms with Crippen molar-refractivity contribution in [2.45, 2.75) is 62.9 Å². The maximum atomic E-state index is 2.68. The first-order valence-corrected chi connectivity index (χ1v) is 17.8. The molecule has 0 atom stereocenters. The molecule has 0 bridgehead atoms. The molecular formula is C11H26Pb. The molecule has 0 N–H and O–H groups in total. The van der Waals surface area contributed by atoms with E-state index >= 15 is 0 Å². The van der Waals surface area contributed by atoms with Crippen LogP contribution >= 0.6 is 0 Å². The number of hydrogen-bond donors (Lipinski definition) is 0. The molecule has 0 saturated carbocycles. The van der Waals surface area contributed by atoms with Gasteiger partial charge in [0.15, 0.2) is 0 Å². The van der Waals surface area contributed by atoms with Gasteiger partial charge in [0.1, 0.15) is 0 Å². The fourth-order valence-corrected chi connectivity index (χ4v) is 14.8. The van der Waals surface area contributed by atoms with E-state index in [0.717, 1.165) is 0 Å². The first-order chi connectivity index (χ1) is 5.68. The molecule has 0 aromatic heterocycles. The van der Waals surface area contributed by atoms with E-state index in [1.165, 1.54) is 25.7 Å². The minimum absolute atomic E-state index is 1.40. The second kappa shape index (κ2) is 7.34. The van der Waals surface area contributed by atoms with E-state index in [1.807, 2.05) is 0 Å². The number of rotatable bonds is 7. The van der Waals surface area contributed by atoms with Gasteiger partial charge in [0, 0.05) is 0 Å².